The second-order valence-corrected chi connectivity index (χ2v) is 7.33. The maximum absolute atomic E-state index is 12.0. The number of nitrogens with one attached hydrogen (secondary N) is 1. The number of hydrogen-bond acceptors (Lipinski definition) is 5. The van der Waals surface area contributed by atoms with Crippen molar-refractivity contribution in [1.82, 2.24) is 19.6 Å². The lowest BCUT2D eigenvalue weighted by Crippen LogP contribution is -2.40. The van der Waals surface area contributed by atoms with Gasteiger partial charge in [-0.05, 0) is 51.2 Å². The van der Waals surface area contributed by atoms with Crippen LogP contribution in [0.2, 0.25) is 0 Å². The van der Waals surface area contributed by atoms with Crippen molar-refractivity contribution in [1.29, 1.82) is 0 Å². The first-order chi connectivity index (χ1) is 10.8. The summed E-state index contributed by atoms with van der Waals surface area (Å²) in [7, 11) is 0. The topological polar surface area (TPSA) is 49.6 Å². The van der Waals surface area contributed by atoms with Crippen LogP contribution in [-0.4, -0.2) is 40.0 Å². The molecule has 2 fully saturated rings. The molecule has 2 aliphatic rings. The van der Waals surface area contributed by atoms with E-state index in [2.05, 4.69) is 15.2 Å². The minimum absolute atomic E-state index is 0.0336. The van der Waals surface area contributed by atoms with Crippen molar-refractivity contribution in [2.75, 3.05) is 19.6 Å². The predicted octanol–water partition coefficient (Wildman–Crippen LogP) is 1.72. The summed E-state index contributed by atoms with van der Waals surface area (Å²) < 4.78 is 1.62. The molecule has 0 radical (unpaired) electrons. The highest BCUT2D eigenvalue weighted by molar-refractivity contribution is 7.15. The number of fused-ring (bicyclic) bond motifs is 1. The van der Waals surface area contributed by atoms with Crippen LogP contribution in [0, 0.1) is 5.92 Å². The number of likely N-dealkylation sites (tertiary alicyclic amines) is 1. The molecule has 2 aromatic rings. The van der Waals surface area contributed by atoms with Gasteiger partial charge in [0.25, 0.3) is 5.56 Å². The lowest BCUT2D eigenvalue weighted by Gasteiger charge is -2.34. The first-order valence-corrected chi connectivity index (χ1v) is 9.09. The average Bonchev–Trinajstić information content (AvgIpc) is 3.19. The summed E-state index contributed by atoms with van der Waals surface area (Å²) in [4.78, 5) is 19.9. The molecule has 6 heteroatoms. The summed E-state index contributed by atoms with van der Waals surface area (Å²) in [6, 6.07) is 2.43. The van der Waals surface area contributed by atoms with E-state index in [1.165, 1.54) is 43.6 Å². The number of aromatic nitrogens is 2. The van der Waals surface area contributed by atoms with E-state index in [1.54, 1.807) is 16.7 Å². The lowest BCUT2D eigenvalue weighted by molar-refractivity contribution is 0.156. The highest BCUT2D eigenvalue weighted by Gasteiger charge is 2.28. The van der Waals surface area contributed by atoms with Crippen LogP contribution in [0.25, 0.3) is 4.96 Å². The Morgan fingerprint density at radius 1 is 1.32 bits per heavy atom. The Hall–Kier alpha value is -1.24. The Labute approximate surface area is 134 Å². The van der Waals surface area contributed by atoms with E-state index in [9.17, 15) is 4.79 Å². The van der Waals surface area contributed by atoms with Crippen molar-refractivity contribution in [2.45, 2.75) is 38.3 Å². The molecule has 2 aromatic heterocycles. The Bertz CT molecular complexity index is 695. The normalized spacial score (nSPS) is 24.3. The number of piperidine rings is 1. The van der Waals surface area contributed by atoms with Crippen molar-refractivity contribution in [2.24, 2.45) is 5.92 Å². The zero-order valence-electron chi connectivity index (χ0n) is 12.7. The second-order valence-electron chi connectivity index (χ2n) is 6.46. The molecule has 1 atom stereocenters. The zero-order chi connectivity index (χ0) is 14.9. The van der Waals surface area contributed by atoms with Gasteiger partial charge in [-0.3, -0.25) is 14.1 Å². The van der Waals surface area contributed by atoms with E-state index in [0.717, 1.165) is 42.2 Å². The quantitative estimate of drug-likeness (QED) is 0.936. The summed E-state index contributed by atoms with van der Waals surface area (Å²) in [5.74, 6) is 0.831. The minimum Gasteiger partial charge on any atom is -0.314 e. The molecule has 2 aliphatic heterocycles. The summed E-state index contributed by atoms with van der Waals surface area (Å²) in [5.41, 5.74) is 0.941. The first-order valence-electron chi connectivity index (χ1n) is 8.21. The third kappa shape index (κ3) is 2.83. The molecule has 4 heterocycles. The number of thiazole rings is 1. The van der Waals surface area contributed by atoms with Crippen molar-refractivity contribution in [3.8, 4) is 0 Å². The molecular weight excluding hydrogens is 296 g/mol. The lowest BCUT2D eigenvalue weighted by atomic mass is 9.88. The molecule has 4 rings (SSSR count). The van der Waals surface area contributed by atoms with Gasteiger partial charge < -0.3 is 5.32 Å². The van der Waals surface area contributed by atoms with Crippen LogP contribution < -0.4 is 10.9 Å². The van der Waals surface area contributed by atoms with E-state index in [1.807, 2.05) is 5.38 Å². The van der Waals surface area contributed by atoms with Gasteiger partial charge in [-0.1, -0.05) is 0 Å². The van der Waals surface area contributed by atoms with Gasteiger partial charge in [0.2, 0.25) is 0 Å². The van der Waals surface area contributed by atoms with Gasteiger partial charge in [0.15, 0.2) is 4.96 Å². The van der Waals surface area contributed by atoms with E-state index in [4.69, 9.17) is 0 Å². The number of nitrogens with zero attached hydrogens (tertiary/aromatic N) is 3. The summed E-state index contributed by atoms with van der Waals surface area (Å²) in [6.07, 6.45) is 6.99. The Morgan fingerprint density at radius 2 is 2.18 bits per heavy atom. The second kappa shape index (κ2) is 6.10. The molecule has 0 saturated carbocycles. The van der Waals surface area contributed by atoms with Gasteiger partial charge in [-0.15, -0.1) is 11.3 Å². The molecule has 2 saturated heterocycles. The van der Waals surface area contributed by atoms with Crippen LogP contribution in [0.4, 0.5) is 0 Å². The van der Waals surface area contributed by atoms with Crippen LogP contribution in [0.5, 0.6) is 0 Å². The van der Waals surface area contributed by atoms with E-state index >= 15 is 0 Å². The van der Waals surface area contributed by atoms with Gasteiger partial charge in [0, 0.05) is 30.2 Å². The third-order valence-corrected chi connectivity index (χ3v) is 5.80. The molecule has 0 aliphatic carbocycles. The molecule has 0 aromatic carbocycles. The monoisotopic (exact) mass is 318 g/mol. The molecule has 0 amide bonds. The van der Waals surface area contributed by atoms with Crippen molar-refractivity contribution >= 4 is 16.3 Å². The standard InChI is InChI=1S/C16H22N4OS/c21-15-10-13(18-16-20(15)8-9-22-16)11-19-6-3-12(4-7-19)14-2-1-5-17-14/h8-10,12,14,17H,1-7,11H2. The molecule has 0 spiro atoms. The van der Waals surface area contributed by atoms with Crippen LogP contribution in [-0.2, 0) is 6.54 Å². The minimum atomic E-state index is 0.0336. The van der Waals surface area contributed by atoms with Crippen molar-refractivity contribution < 1.29 is 0 Å². The van der Waals surface area contributed by atoms with Crippen LogP contribution in [0.3, 0.4) is 0 Å². The van der Waals surface area contributed by atoms with Gasteiger partial charge in [0.1, 0.15) is 0 Å². The predicted molar refractivity (Wildman–Crippen MR) is 88.4 cm³/mol. The van der Waals surface area contributed by atoms with Crippen LogP contribution >= 0.6 is 11.3 Å². The van der Waals surface area contributed by atoms with E-state index < -0.39 is 0 Å². The first kappa shape index (κ1) is 14.4. The largest absolute Gasteiger partial charge is 0.314 e. The van der Waals surface area contributed by atoms with Gasteiger partial charge in [-0.2, -0.15) is 0 Å². The smallest absolute Gasteiger partial charge is 0.258 e. The third-order valence-electron chi connectivity index (χ3n) is 5.04. The molecule has 5 nitrogen and oxygen atoms in total. The summed E-state index contributed by atoms with van der Waals surface area (Å²) in [5, 5.41) is 5.55. The molecule has 22 heavy (non-hydrogen) atoms. The average molecular weight is 318 g/mol. The van der Waals surface area contributed by atoms with Crippen molar-refractivity contribution in [3.63, 3.8) is 0 Å². The van der Waals surface area contributed by atoms with Crippen LogP contribution in [0.15, 0.2) is 22.4 Å². The Kier molecular flexibility index (Phi) is 3.98. The number of hydrogen-bond donors (Lipinski definition) is 1. The van der Waals surface area contributed by atoms with Gasteiger partial charge >= 0.3 is 0 Å². The summed E-state index contributed by atoms with van der Waals surface area (Å²) in [6.45, 7) is 4.23. The fraction of sp³-hybridized carbons (Fsp3) is 0.625. The maximum atomic E-state index is 12.0. The van der Waals surface area contributed by atoms with Crippen LogP contribution in [0.1, 0.15) is 31.4 Å². The van der Waals surface area contributed by atoms with Crippen molar-refractivity contribution in [3.05, 3.63) is 33.7 Å². The fourth-order valence-corrected chi connectivity index (χ4v) is 4.56. The maximum Gasteiger partial charge on any atom is 0.258 e. The summed E-state index contributed by atoms with van der Waals surface area (Å²) >= 11 is 1.52. The molecule has 1 N–H and O–H groups in total. The van der Waals surface area contributed by atoms with E-state index in [-0.39, 0.29) is 5.56 Å². The Morgan fingerprint density at radius 3 is 2.95 bits per heavy atom. The zero-order valence-corrected chi connectivity index (χ0v) is 13.5. The fourth-order valence-electron chi connectivity index (χ4n) is 3.83. The molecule has 118 valence electrons. The Balaban J connectivity index is 1.40. The SMILES string of the molecule is O=c1cc(CN2CCC(C3CCCN3)CC2)nc2sccn12. The highest BCUT2D eigenvalue weighted by Crippen LogP contribution is 2.26. The van der Waals surface area contributed by atoms with E-state index in [0.29, 0.717) is 0 Å². The molecular formula is C16H22N4OS. The van der Waals surface area contributed by atoms with Gasteiger partial charge in [-0.25, -0.2) is 4.98 Å². The highest BCUT2D eigenvalue weighted by atomic mass is 32.1. The molecule has 1 unspecified atom stereocenters. The van der Waals surface area contributed by atoms with Gasteiger partial charge in [0.05, 0.1) is 5.69 Å². The molecule has 0 bridgehead atoms. The number of rotatable bonds is 3.